The molecule has 0 saturated carbocycles. The van der Waals surface area contributed by atoms with Crippen LogP contribution < -0.4 is 5.43 Å². The highest BCUT2D eigenvalue weighted by atomic mass is 16.3. The van der Waals surface area contributed by atoms with Crippen LogP contribution in [-0.4, -0.2) is 16.2 Å². The van der Waals surface area contributed by atoms with E-state index >= 15 is 0 Å². The Kier molecular flexibility index (Phi) is 2.34. The average molecular weight is 226 g/mol. The number of aromatic nitrogens is 2. The summed E-state index contributed by atoms with van der Waals surface area (Å²) in [5.41, 5.74) is 4.70. The van der Waals surface area contributed by atoms with E-state index in [1.54, 1.807) is 12.5 Å². The quantitative estimate of drug-likeness (QED) is 0.533. The van der Waals surface area contributed by atoms with Crippen molar-refractivity contribution < 1.29 is 4.42 Å². The number of nitrogens with one attached hydrogen (secondary N) is 2. The van der Waals surface area contributed by atoms with E-state index < -0.39 is 0 Å². The summed E-state index contributed by atoms with van der Waals surface area (Å²) in [7, 11) is 0. The van der Waals surface area contributed by atoms with E-state index in [1.165, 1.54) is 0 Å². The van der Waals surface area contributed by atoms with Crippen LogP contribution in [0.15, 0.2) is 52.2 Å². The van der Waals surface area contributed by atoms with Gasteiger partial charge < -0.3 is 9.40 Å². The van der Waals surface area contributed by atoms with Crippen LogP contribution in [0.25, 0.3) is 11.0 Å². The molecule has 3 rings (SSSR count). The second-order valence-corrected chi connectivity index (χ2v) is 3.49. The second-order valence-electron chi connectivity index (χ2n) is 3.49. The molecule has 0 aliphatic carbocycles. The maximum Gasteiger partial charge on any atom is 0.222 e. The lowest BCUT2D eigenvalue weighted by molar-refractivity contribution is 0.560. The third-order valence-electron chi connectivity index (χ3n) is 2.29. The summed E-state index contributed by atoms with van der Waals surface area (Å²) in [6, 6.07) is 11.4. The molecule has 84 valence electrons. The smallest absolute Gasteiger partial charge is 0.222 e. The molecule has 0 unspecified atom stereocenters. The summed E-state index contributed by atoms with van der Waals surface area (Å²) in [6.45, 7) is 0. The highest BCUT2D eigenvalue weighted by Crippen LogP contribution is 2.12. The number of hydrogen-bond donors (Lipinski definition) is 2. The van der Waals surface area contributed by atoms with Crippen LogP contribution in [-0.2, 0) is 0 Å². The van der Waals surface area contributed by atoms with Crippen molar-refractivity contribution in [1.82, 2.24) is 9.97 Å². The summed E-state index contributed by atoms with van der Waals surface area (Å²) in [4.78, 5) is 7.43. The van der Waals surface area contributed by atoms with Gasteiger partial charge in [0.15, 0.2) is 0 Å². The summed E-state index contributed by atoms with van der Waals surface area (Å²) in [6.07, 6.45) is 3.19. The largest absolute Gasteiger partial charge is 0.463 e. The third kappa shape index (κ3) is 2.03. The molecular weight excluding hydrogens is 216 g/mol. The lowest BCUT2D eigenvalue weighted by Gasteiger charge is -1.91. The number of fused-ring (bicyclic) bond motifs is 1. The van der Waals surface area contributed by atoms with Gasteiger partial charge in [-0.3, -0.25) is 0 Å². The minimum atomic E-state index is 0.606. The Bertz CT molecular complexity index is 606. The molecular formula is C12H10N4O. The van der Waals surface area contributed by atoms with Crippen LogP contribution in [0.5, 0.6) is 0 Å². The third-order valence-corrected chi connectivity index (χ3v) is 2.29. The number of para-hydroxylation sites is 2. The second kappa shape index (κ2) is 4.13. The normalized spacial score (nSPS) is 11.3. The molecule has 0 spiro atoms. The standard InChI is InChI=1S/C12H10N4O/c1-2-6-11-10(5-1)14-12(15-11)16-13-8-9-4-3-7-17-9/h1-8H,(H2,14,15,16)/b13-8+. The number of hydrazone groups is 1. The molecule has 0 amide bonds. The fraction of sp³-hybridized carbons (Fsp3) is 0. The first kappa shape index (κ1) is 9.65. The lowest BCUT2D eigenvalue weighted by Crippen LogP contribution is -1.91. The lowest BCUT2D eigenvalue weighted by atomic mass is 10.3. The summed E-state index contributed by atoms with van der Waals surface area (Å²) in [5.74, 6) is 1.29. The van der Waals surface area contributed by atoms with Crippen molar-refractivity contribution >= 4 is 23.2 Å². The molecule has 2 N–H and O–H groups in total. The summed E-state index contributed by atoms with van der Waals surface area (Å²) >= 11 is 0. The minimum absolute atomic E-state index is 0.606. The Morgan fingerprint density at radius 1 is 1.24 bits per heavy atom. The number of rotatable bonds is 3. The van der Waals surface area contributed by atoms with Crippen LogP contribution in [0.3, 0.4) is 0 Å². The van der Waals surface area contributed by atoms with Gasteiger partial charge in [0, 0.05) is 0 Å². The van der Waals surface area contributed by atoms with E-state index in [4.69, 9.17) is 4.42 Å². The first-order valence-electron chi connectivity index (χ1n) is 5.19. The molecule has 17 heavy (non-hydrogen) atoms. The summed E-state index contributed by atoms with van der Waals surface area (Å²) < 4.78 is 5.11. The molecule has 5 heteroatoms. The summed E-state index contributed by atoms with van der Waals surface area (Å²) in [5, 5.41) is 4.02. The molecule has 3 aromatic rings. The van der Waals surface area contributed by atoms with Crippen molar-refractivity contribution in [3.8, 4) is 0 Å². The van der Waals surface area contributed by atoms with Gasteiger partial charge in [-0.1, -0.05) is 12.1 Å². The van der Waals surface area contributed by atoms with Crippen molar-refractivity contribution in [3.63, 3.8) is 0 Å². The zero-order valence-electron chi connectivity index (χ0n) is 8.92. The van der Waals surface area contributed by atoms with Crippen molar-refractivity contribution in [2.45, 2.75) is 0 Å². The predicted octanol–water partition coefficient (Wildman–Crippen LogP) is 2.60. The van der Waals surface area contributed by atoms with Crippen molar-refractivity contribution in [2.24, 2.45) is 5.10 Å². The Morgan fingerprint density at radius 2 is 2.18 bits per heavy atom. The van der Waals surface area contributed by atoms with Crippen molar-refractivity contribution in [1.29, 1.82) is 0 Å². The maximum atomic E-state index is 5.11. The zero-order chi connectivity index (χ0) is 11.5. The van der Waals surface area contributed by atoms with Crippen LogP contribution in [0.1, 0.15) is 5.76 Å². The first-order valence-corrected chi connectivity index (χ1v) is 5.19. The van der Waals surface area contributed by atoms with Gasteiger partial charge in [0.2, 0.25) is 5.95 Å². The van der Waals surface area contributed by atoms with E-state index in [9.17, 15) is 0 Å². The average Bonchev–Trinajstić information content (AvgIpc) is 2.96. The van der Waals surface area contributed by atoms with Gasteiger partial charge in [-0.2, -0.15) is 5.10 Å². The molecule has 0 radical (unpaired) electrons. The molecule has 2 heterocycles. The van der Waals surface area contributed by atoms with Crippen LogP contribution in [0.2, 0.25) is 0 Å². The number of H-pyrrole nitrogens is 1. The maximum absolute atomic E-state index is 5.11. The monoisotopic (exact) mass is 226 g/mol. The number of aromatic amines is 1. The molecule has 1 aromatic carbocycles. The number of nitrogens with zero attached hydrogens (tertiary/aromatic N) is 2. The molecule has 0 saturated heterocycles. The van der Waals surface area contributed by atoms with Gasteiger partial charge in [-0.05, 0) is 24.3 Å². The molecule has 0 aliphatic rings. The van der Waals surface area contributed by atoms with Crippen molar-refractivity contribution in [3.05, 3.63) is 48.4 Å². The Labute approximate surface area is 97.2 Å². The first-order chi connectivity index (χ1) is 8.42. The van der Waals surface area contributed by atoms with E-state index in [1.807, 2.05) is 36.4 Å². The number of anilines is 1. The minimum Gasteiger partial charge on any atom is -0.463 e. The van der Waals surface area contributed by atoms with Gasteiger partial charge in [-0.15, -0.1) is 0 Å². The molecule has 2 aromatic heterocycles. The number of imidazole rings is 1. The fourth-order valence-electron chi connectivity index (χ4n) is 1.53. The molecule has 0 aliphatic heterocycles. The van der Waals surface area contributed by atoms with Crippen LogP contribution >= 0.6 is 0 Å². The van der Waals surface area contributed by atoms with Gasteiger partial charge in [0.05, 0.1) is 23.5 Å². The fourth-order valence-corrected chi connectivity index (χ4v) is 1.53. The highest BCUT2D eigenvalue weighted by molar-refractivity contribution is 5.78. The van der Waals surface area contributed by atoms with Crippen LogP contribution in [0, 0.1) is 0 Å². The molecule has 5 nitrogen and oxygen atoms in total. The van der Waals surface area contributed by atoms with E-state index in [0.717, 1.165) is 11.0 Å². The Balaban J connectivity index is 1.77. The number of benzene rings is 1. The van der Waals surface area contributed by atoms with E-state index in [-0.39, 0.29) is 0 Å². The SMILES string of the molecule is C(=N\Nc1nc2ccccc2[nH]1)/c1ccco1. The van der Waals surface area contributed by atoms with Gasteiger partial charge in [0.25, 0.3) is 0 Å². The van der Waals surface area contributed by atoms with E-state index in [0.29, 0.717) is 11.7 Å². The highest BCUT2D eigenvalue weighted by Gasteiger charge is 1.99. The van der Waals surface area contributed by atoms with Gasteiger partial charge >= 0.3 is 0 Å². The van der Waals surface area contributed by atoms with Crippen molar-refractivity contribution in [2.75, 3.05) is 5.43 Å². The topological polar surface area (TPSA) is 66.2 Å². The van der Waals surface area contributed by atoms with E-state index in [2.05, 4.69) is 20.5 Å². The zero-order valence-corrected chi connectivity index (χ0v) is 8.92. The number of furan rings is 1. The molecule has 0 bridgehead atoms. The van der Waals surface area contributed by atoms with Gasteiger partial charge in [-0.25, -0.2) is 10.4 Å². The predicted molar refractivity (Wildman–Crippen MR) is 66.0 cm³/mol. The van der Waals surface area contributed by atoms with Gasteiger partial charge in [0.1, 0.15) is 5.76 Å². The van der Waals surface area contributed by atoms with Crippen LogP contribution in [0.4, 0.5) is 5.95 Å². The molecule has 0 atom stereocenters. The molecule has 0 fully saturated rings. The Hall–Kier alpha value is -2.56. The number of hydrogen-bond acceptors (Lipinski definition) is 4. The Morgan fingerprint density at radius 3 is 3.00 bits per heavy atom.